The number of urea groups is 1. The Hall–Kier alpha value is -1.72. The van der Waals surface area contributed by atoms with Crippen molar-refractivity contribution in [3.05, 3.63) is 35.0 Å². The maximum Gasteiger partial charge on any atom is 0.339 e. The fourth-order valence-corrected chi connectivity index (χ4v) is 1.82. The fourth-order valence-electron chi connectivity index (χ4n) is 1.64. The first-order chi connectivity index (χ1) is 8.60. The Kier molecular flexibility index (Phi) is 3.74. The van der Waals surface area contributed by atoms with Crippen molar-refractivity contribution in [2.45, 2.75) is 13.0 Å². The van der Waals surface area contributed by atoms with Crippen molar-refractivity contribution in [2.24, 2.45) is 0 Å². The van der Waals surface area contributed by atoms with Gasteiger partial charge < -0.3 is 9.73 Å². The minimum atomic E-state index is -0.427. The normalized spacial score (nSPS) is 12.4. The summed E-state index contributed by atoms with van der Waals surface area (Å²) < 4.78 is 5.62. The highest BCUT2D eigenvalue weighted by Crippen LogP contribution is 2.26. The number of benzene rings is 1. The molecular formula is C12H13ClN2O3. The monoisotopic (exact) mass is 268 g/mol. The molecule has 0 bridgehead atoms. The second kappa shape index (κ2) is 5.29. The standard InChI is InChI=1S/C12H13ClN2O3/c1-7(14-12(16)15-17-2)11-6-8-5-9(13)3-4-10(8)18-11/h3-7H,1-2H3,(H2,14,15,16)/t7-/m1/s1. The summed E-state index contributed by atoms with van der Waals surface area (Å²) in [4.78, 5) is 15.8. The maximum absolute atomic E-state index is 11.3. The van der Waals surface area contributed by atoms with Gasteiger partial charge in [-0.05, 0) is 31.2 Å². The molecule has 2 aromatic rings. The Bertz CT molecular complexity index is 567. The van der Waals surface area contributed by atoms with Crippen LogP contribution in [0.3, 0.4) is 0 Å². The predicted octanol–water partition coefficient (Wildman–Crippen LogP) is 3.01. The van der Waals surface area contributed by atoms with Crippen molar-refractivity contribution in [2.75, 3.05) is 7.11 Å². The smallest absolute Gasteiger partial charge is 0.339 e. The van der Waals surface area contributed by atoms with E-state index in [2.05, 4.69) is 15.6 Å². The van der Waals surface area contributed by atoms with Gasteiger partial charge in [-0.2, -0.15) is 0 Å². The lowest BCUT2D eigenvalue weighted by Gasteiger charge is -2.10. The van der Waals surface area contributed by atoms with E-state index in [1.165, 1.54) is 7.11 Å². The van der Waals surface area contributed by atoms with E-state index in [-0.39, 0.29) is 6.04 Å². The highest BCUT2D eigenvalue weighted by molar-refractivity contribution is 6.31. The Balaban J connectivity index is 2.17. The van der Waals surface area contributed by atoms with Crippen LogP contribution in [0.1, 0.15) is 18.7 Å². The number of amides is 2. The van der Waals surface area contributed by atoms with Gasteiger partial charge in [-0.25, -0.2) is 10.3 Å². The summed E-state index contributed by atoms with van der Waals surface area (Å²) in [6.45, 7) is 1.81. The maximum atomic E-state index is 11.3. The summed E-state index contributed by atoms with van der Waals surface area (Å²) >= 11 is 5.90. The third kappa shape index (κ3) is 2.75. The van der Waals surface area contributed by atoms with Crippen LogP contribution in [0.4, 0.5) is 4.79 Å². The topological polar surface area (TPSA) is 63.5 Å². The van der Waals surface area contributed by atoms with Crippen molar-refractivity contribution >= 4 is 28.6 Å². The first kappa shape index (κ1) is 12.7. The van der Waals surface area contributed by atoms with E-state index in [1.54, 1.807) is 12.1 Å². The fraction of sp³-hybridized carbons (Fsp3) is 0.250. The molecule has 0 saturated carbocycles. The second-order valence-corrected chi connectivity index (χ2v) is 4.27. The average molecular weight is 269 g/mol. The first-order valence-electron chi connectivity index (χ1n) is 5.38. The van der Waals surface area contributed by atoms with Gasteiger partial charge in [0.25, 0.3) is 0 Å². The number of carbonyl (C=O) groups is 1. The zero-order valence-corrected chi connectivity index (χ0v) is 10.7. The number of nitrogens with one attached hydrogen (secondary N) is 2. The highest BCUT2D eigenvalue weighted by atomic mass is 35.5. The highest BCUT2D eigenvalue weighted by Gasteiger charge is 2.14. The Morgan fingerprint density at radius 2 is 2.22 bits per heavy atom. The molecule has 2 rings (SSSR count). The van der Waals surface area contributed by atoms with Crippen LogP contribution in [0, 0.1) is 0 Å². The van der Waals surface area contributed by atoms with Crippen molar-refractivity contribution in [1.29, 1.82) is 0 Å². The minimum Gasteiger partial charge on any atom is -0.459 e. The Morgan fingerprint density at radius 1 is 1.44 bits per heavy atom. The molecule has 1 aromatic heterocycles. The van der Waals surface area contributed by atoms with Crippen molar-refractivity contribution < 1.29 is 14.0 Å². The van der Waals surface area contributed by atoms with Crippen LogP contribution < -0.4 is 10.8 Å². The molecule has 0 fully saturated rings. The third-order valence-corrected chi connectivity index (χ3v) is 2.70. The van der Waals surface area contributed by atoms with E-state index in [9.17, 15) is 4.79 Å². The van der Waals surface area contributed by atoms with Gasteiger partial charge in [0.1, 0.15) is 11.3 Å². The number of carbonyl (C=O) groups excluding carboxylic acids is 1. The van der Waals surface area contributed by atoms with Gasteiger partial charge in [0, 0.05) is 10.4 Å². The van der Waals surface area contributed by atoms with Crippen LogP contribution in [0.5, 0.6) is 0 Å². The predicted molar refractivity (Wildman–Crippen MR) is 68.3 cm³/mol. The molecule has 0 aliphatic carbocycles. The molecule has 6 heteroatoms. The average Bonchev–Trinajstić information content (AvgIpc) is 2.72. The summed E-state index contributed by atoms with van der Waals surface area (Å²) in [6, 6.07) is 6.51. The molecule has 1 atom stereocenters. The first-order valence-corrected chi connectivity index (χ1v) is 5.76. The van der Waals surface area contributed by atoms with Crippen molar-refractivity contribution in [3.63, 3.8) is 0 Å². The molecule has 5 nitrogen and oxygen atoms in total. The molecule has 0 aliphatic rings. The number of hydrogen-bond donors (Lipinski definition) is 2. The molecule has 0 radical (unpaired) electrons. The van der Waals surface area contributed by atoms with E-state index in [4.69, 9.17) is 16.0 Å². The van der Waals surface area contributed by atoms with Crippen molar-refractivity contribution in [1.82, 2.24) is 10.8 Å². The molecule has 2 amide bonds. The molecule has 1 aromatic carbocycles. The molecule has 2 N–H and O–H groups in total. The zero-order valence-electron chi connectivity index (χ0n) is 9.99. The lowest BCUT2D eigenvalue weighted by Crippen LogP contribution is -2.36. The van der Waals surface area contributed by atoms with Crippen LogP contribution >= 0.6 is 11.6 Å². The van der Waals surface area contributed by atoms with Gasteiger partial charge in [-0.1, -0.05) is 11.6 Å². The largest absolute Gasteiger partial charge is 0.459 e. The minimum absolute atomic E-state index is 0.272. The Labute approximate surface area is 109 Å². The number of fused-ring (bicyclic) bond motifs is 1. The summed E-state index contributed by atoms with van der Waals surface area (Å²) in [5, 5.41) is 4.22. The molecule has 18 heavy (non-hydrogen) atoms. The van der Waals surface area contributed by atoms with E-state index in [0.29, 0.717) is 10.8 Å². The van der Waals surface area contributed by atoms with Gasteiger partial charge >= 0.3 is 6.03 Å². The van der Waals surface area contributed by atoms with Gasteiger partial charge in [0.2, 0.25) is 0 Å². The Morgan fingerprint density at radius 3 is 2.94 bits per heavy atom. The SMILES string of the molecule is CONC(=O)N[C@H](C)c1cc2cc(Cl)ccc2o1. The molecule has 0 aliphatic heterocycles. The summed E-state index contributed by atoms with van der Waals surface area (Å²) in [5.74, 6) is 0.651. The van der Waals surface area contributed by atoms with Crippen LogP contribution in [0.2, 0.25) is 5.02 Å². The summed E-state index contributed by atoms with van der Waals surface area (Å²) in [7, 11) is 1.37. The van der Waals surface area contributed by atoms with E-state index < -0.39 is 6.03 Å². The quantitative estimate of drug-likeness (QED) is 0.841. The number of halogens is 1. The van der Waals surface area contributed by atoms with Gasteiger partial charge in [-0.15, -0.1) is 0 Å². The van der Waals surface area contributed by atoms with Gasteiger partial charge in [0.15, 0.2) is 0 Å². The van der Waals surface area contributed by atoms with Gasteiger partial charge in [-0.3, -0.25) is 4.84 Å². The van der Waals surface area contributed by atoms with E-state index in [0.717, 1.165) is 11.0 Å². The number of hydroxylamine groups is 1. The number of hydrogen-bond acceptors (Lipinski definition) is 3. The van der Waals surface area contributed by atoms with E-state index in [1.807, 2.05) is 19.1 Å². The molecule has 0 spiro atoms. The molecule has 0 saturated heterocycles. The van der Waals surface area contributed by atoms with Gasteiger partial charge in [0.05, 0.1) is 13.2 Å². The summed E-state index contributed by atoms with van der Waals surface area (Å²) in [6.07, 6.45) is 0. The van der Waals surface area contributed by atoms with Crippen molar-refractivity contribution in [3.8, 4) is 0 Å². The summed E-state index contributed by atoms with van der Waals surface area (Å²) in [5.41, 5.74) is 2.91. The molecule has 96 valence electrons. The van der Waals surface area contributed by atoms with Crippen LogP contribution in [0.15, 0.2) is 28.7 Å². The third-order valence-electron chi connectivity index (χ3n) is 2.47. The van der Waals surface area contributed by atoms with Crippen LogP contribution in [-0.4, -0.2) is 13.1 Å². The number of furan rings is 1. The van der Waals surface area contributed by atoms with E-state index >= 15 is 0 Å². The molecular weight excluding hydrogens is 256 g/mol. The zero-order chi connectivity index (χ0) is 13.1. The number of rotatable bonds is 3. The molecule has 1 heterocycles. The second-order valence-electron chi connectivity index (χ2n) is 3.83. The lowest BCUT2D eigenvalue weighted by molar-refractivity contribution is 0.106. The lowest BCUT2D eigenvalue weighted by atomic mass is 10.2. The van der Waals surface area contributed by atoms with Crippen LogP contribution in [0.25, 0.3) is 11.0 Å². The van der Waals surface area contributed by atoms with Crippen LogP contribution in [-0.2, 0) is 4.84 Å². The molecule has 0 unspecified atom stereocenters.